The van der Waals surface area contributed by atoms with E-state index in [-0.39, 0.29) is 34.8 Å². The van der Waals surface area contributed by atoms with Crippen LogP contribution in [0.4, 0.5) is 0 Å². The van der Waals surface area contributed by atoms with E-state index in [0.717, 1.165) is 12.8 Å². The van der Waals surface area contributed by atoms with Crippen LogP contribution in [0.5, 0.6) is 0 Å². The van der Waals surface area contributed by atoms with Crippen molar-refractivity contribution in [1.29, 1.82) is 0 Å². The van der Waals surface area contributed by atoms with Gasteiger partial charge in [0.1, 0.15) is 0 Å². The van der Waals surface area contributed by atoms with E-state index in [0.29, 0.717) is 12.1 Å². The molecule has 2 N–H and O–H groups in total. The molecule has 1 aromatic rings. The van der Waals surface area contributed by atoms with Gasteiger partial charge >= 0.3 is 0 Å². The second kappa shape index (κ2) is 7.75. The Labute approximate surface area is 155 Å². The van der Waals surface area contributed by atoms with Gasteiger partial charge in [-0.3, -0.25) is 9.59 Å². The van der Waals surface area contributed by atoms with Crippen molar-refractivity contribution < 1.29 is 18.0 Å². The highest BCUT2D eigenvalue weighted by molar-refractivity contribution is 7.89. The summed E-state index contributed by atoms with van der Waals surface area (Å²) in [6.45, 7) is 7.74. The number of carbonyl (C=O) groups is 2. The van der Waals surface area contributed by atoms with Gasteiger partial charge in [0.15, 0.2) is 0 Å². The summed E-state index contributed by atoms with van der Waals surface area (Å²) >= 11 is 0. The van der Waals surface area contributed by atoms with Crippen LogP contribution in [0.1, 0.15) is 50.9 Å². The molecule has 26 heavy (non-hydrogen) atoms. The van der Waals surface area contributed by atoms with Crippen molar-refractivity contribution in [1.82, 2.24) is 14.9 Å². The van der Waals surface area contributed by atoms with Crippen molar-refractivity contribution in [3.05, 3.63) is 29.8 Å². The number of amides is 2. The fourth-order valence-corrected chi connectivity index (χ4v) is 3.71. The molecule has 0 atom stereocenters. The Morgan fingerprint density at radius 2 is 1.73 bits per heavy atom. The predicted octanol–water partition coefficient (Wildman–Crippen LogP) is 1.50. The Morgan fingerprint density at radius 3 is 2.19 bits per heavy atom. The second-order valence-corrected chi connectivity index (χ2v) is 9.25. The number of nitrogens with one attached hydrogen (secondary N) is 2. The smallest absolute Gasteiger partial charge is 0.254 e. The molecule has 1 aliphatic rings. The molecule has 2 amide bonds. The maximum Gasteiger partial charge on any atom is 0.254 e. The third-order valence-corrected chi connectivity index (χ3v) is 5.36. The summed E-state index contributed by atoms with van der Waals surface area (Å²) < 4.78 is 26.9. The fraction of sp³-hybridized carbons (Fsp3) is 0.556. The summed E-state index contributed by atoms with van der Waals surface area (Å²) in [6.07, 6.45) is 1.72. The number of hydrogen-bond donors (Lipinski definition) is 2. The predicted molar refractivity (Wildman–Crippen MR) is 99.3 cm³/mol. The van der Waals surface area contributed by atoms with E-state index in [2.05, 4.69) is 10.0 Å². The van der Waals surface area contributed by atoms with Crippen LogP contribution in [-0.2, 0) is 14.8 Å². The van der Waals surface area contributed by atoms with Gasteiger partial charge in [-0.1, -0.05) is 0 Å². The third-order valence-electron chi connectivity index (χ3n) is 3.83. The number of hydrogen-bond acceptors (Lipinski definition) is 4. The molecule has 7 nitrogen and oxygen atoms in total. The van der Waals surface area contributed by atoms with E-state index in [9.17, 15) is 18.0 Å². The van der Waals surface area contributed by atoms with Crippen molar-refractivity contribution in [3.63, 3.8) is 0 Å². The number of likely N-dealkylation sites (N-methyl/N-ethyl adjacent to an activating group) is 1. The van der Waals surface area contributed by atoms with E-state index >= 15 is 0 Å². The number of benzene rings is 1. The van der Waals surface area contributed by atoms with Crippen molar-refractivity contribution >= 4 is 21.8 Å². The molecule has 0 aliphatic heterocycles. The van der Waals surface area contributed by atoms with Gasteiger partial charge < -0.3 is 10.2 Å². The van der Waals surface area contributed by atoms with Gasteiger partial charge in [-0.25, -0.2) is 13.1 Å². The minimum Gasteiger partial charge on any atom is -0.350 e. The molecule has 0 heterocycles. The molecular formula is C18H27N3O4S. The van der Waals surface area contributed by atoms with E-state index in [1.807, 2.05) is 20.8 Å². The van der Waals surface area contributed by atoms with Crippen molar-refractivity contribution in [2.45, 2.75) is 57.0 Å². The zero-order valence-electron chi connectivity index (χ0n) is 15.7. The summed E-state index contributed by atoms with van der Waals surface area (Å²) in [5, 5.41) is 2.82. The van der Waals surface area contributed by atoms with Crippen LogP contribution < -0.4 is 10.0 Å². The Bertz CT molecular complexity index is 763. The lowest BCUT2D eigenvalue weighted by Crippen LogP contribution is -2.47. The molecular weight excluding hydrogens is 354 g/mol. The highest BCUT2D eigenvalue weighted by Gasteiger charge is 2.28. The van der Waals surface area contributed by atoms with E-state index in [1.165, 1.54) is 29.2 Å². The van der Waals surface area contributed by atoms with Gasteiger partial charge in [-0.05, 0) is 64.8 Å². The van der Waals surface area contributed by atoms with Crippen LogP contribution in [0, 0.1) is 0 Å². The highest BCUT2D eigenvalue weighted by Crippen LogP contribution is 2.22. The lowest BCUT2D eigenvalue weighted by atomic mass is 10.1. The maximum absolute atomic E-state index is 12.6. The van der Waals surface area contributed by atoms with E-state index < -0.39 is 10.0 Å². The fourth-order valence-electron chi connectivity index (χ4n) is 2.41. The summed E-state index contributed by atoms with van der Waals surface area (Å²) in [7, 11) is -3.54. The molecule has 1 aromatic carbocycles. The first-order valence-electron chi connectivity index (χ1n) is 8.74. The zero-order valence-corrected chi connectivity index (χ0v) is 16.5. The molecule has 1 fully saturated rings. The van der Waals surface area contributed by atoms with Gasteiger partial charge in [-0.15, -0.1) is 0 Å². The maximum atomic E-state index is 12.6. The molecule has 1 aliphatic carbocycles. The molecule has 1 saturated carbocycles. The Kier molecular flexibility index (Phi) is 6.08. The van der Waals surface area contributed by atoms with Gasteiger partial charge in [0, 0.05) is 23.7 Å². The first-order valence-corrected chi connectivity index (χ1v) is 10.2. The Balaban J connectivity index is 2.06. The quantitative estimate of drug-likeness (QED) is 0.748. The highest BCUT2D eigenvalue weighted by atomic mass is 32.2. The SMILES string of the molecule is CCN(CC(=O)NC(C)(C)C)C(=O)c1ccc(S(=O)(=O)NC2CC2)cc1. The van der Waals surface area contributed by atoms with Gasteiger partial charge in [0.05, 0.1) is 11.4 Å². The molecule has 0 saturated heterocycles. The van der Waals surface area contributed by atoms with Crippen LogP contribution >= 0.6 is 0 Å². The van der Waals surface area contributed by atoms with E-state index in [1.54, 1.807) is 6.92 Å². The monoisotopic (exact) mass is 381 g/mol. The van der Waals surface area contributed by atoms with Crippen molar-refractivity contribution in [3.8, 4) is 0 Å². The minimum atomic E-state index is -3.54. The topological polar surface area (TPSA) is 95.6 Å². The van der Waals surface area contributed by atoms with Crippen LogP contribution in [0.3, 0.4) is 0 Å². The van der Waals surface area contributed by atoms with E-state index in [4.69, 9.17) is 0 Å². The average Bonchev–Trinajstić information content (AvgIpc) is 3.33. The third kappa shape index (κ3) is 5.81. The van der Waals surface area contributed by atoms with Gasteiger partial charge in [0.25, 0.3) is 5.91 Å². The Hall–Kier alpha value is -1.93. The number of rotatable bonds is 7. The largest absolute Gasteiger partial charge is 0.350 e. The summed E-state index contributed by atoms with van der Waals surface area (Å²) in [5.74, 6) is -0.545. The van der Waals surface area contributed by atoms with Gasteiger partial charge in [0.2, 0.25) is 15.9 Å². The lowest BCUT2D eigenvalue weighted by Gasteiger charge is -2.25. The molecule has 0 aromatic heterocycles. The molecule has 8 heteroatoms. The summed E-state index contributed by atoms with van der Waals surface area (Å²) in [4.78, 5) is 26.2. The molecule has 144 valence electrons. The Morgan fingerprint density at radius 1 is 1.15 bits per heavy atom. The van der Waals surface area contributed by atoms with Crippen molar-refractivity contribution in [2.24, 2.45) is 0 Å². The lowest BCUT2D eigenvalue weighted by molar-refractivity contribution is -0.123. The molecule has 2 rings (SSSR count). The molecule has 0 spiro atoms. The summed E-state index contributed by atoms with van der Waals surface area (Å²) in [5.41, 5.74) is -0.0230. The molecule has 0 unspecified atom stereocenters. The minimum absolute atomic E-state index is 0.0261. The number of nitrogens with zero attached hydrogens (tertiary/aromatic N) is 1. The number of carbonyl (C=O) groups excluding carboxylic acids is 2. The van der Waals surface area contributed by atoms with Crippen LogP contribution in [0.15, 0.2) is 29.2 Å². The molecule has 0 bridgehead atoms. The second-order valence-electron chi connectivity index (χ2n) is 7.54. The first kappa shape index (κ1) is 20.4. The number of sulfonamides is 1. The van der Waals surface area contributed by atoms with Crippen molar-refractivity contribution in [2.75, 3.05) is 13.1 Å². The van der Waals surface area contributed by atoms with Crippen LogP contribution in [-0.4, -0.2) is 49.8 Å². The first-order chi connectivity index (χ1) is 12.0. The summed E-state index contributed by atoms with van der Waals surface area (Å²) in [6, 6.07) is 5.82. The average molecular weight is 381 g/mol. The zero-order chi connectivity index (χ0) is 19.5. The standard InChI is InChI=1S/C18H27N3O4S/c1-5-21(12-16(22)19-18(2,3)4)17(23)13-6-10-15(11-7-13)26(24,25)20-14-8-9-14/h6-7,10-11,14,20H,5,8-9,12H2,1-4H3,(H,19,22). The normalized spacial score (nSPS) is 14.8. The van der Waals surface area contributed by atoms with Gasteiger partial charge in [-0.2, -0.15) is 0 Å². The molecule has 0 radical (unpaired) electrons. The van der Waals surface area contributed by atoms with Crippen LogP contribution in [0.25, 0.3) is 0 Å². The van der Waals surface area contributed by atoms with Crippen LogP contribution in [0.2, 0.25) is 0 Å².